The second-order valence-electron chi connectivity index (χ2n) is 19.2. The average Bonchev–Trinajstić information content (AvgIpc) is 3.28. The number of hydrogen-bond donors (Lipinski definition) is 0. The number of carbonyl (C=O) groups is 2. The van der Waals surface area contributed by atoms with Crippen molar-refractivity contribution in [3.8, 4) is 0 Å². The average molecular weight is 876 g/mol. The van der Waals surface area contributed by atoms with Crippen LogP contribution in [0.4, 0.5) is 0 Å². The molecule has 0 N–H and O–H groups in total. The van der Waals surface area contributed by atoms with Crippen LogP contribution in [0.1, 0.15) is 316 Å². The van der Waals surface area contributed by atoms with Crippen molar-refractivity contribution >= 4 is 11.9 Å². The maximum Gasteiger partial charge on any atom is 0.305 e. The van der Waals surface area contributed by atoms with Crippen LogP contribution in [-0.4, -0.2) is 37.9 Å². The van der Waals surface area contributed by atoms with Crippen molar-refractivity contribution in [2.45, 2.75) is 322 Å². The van der Waals surface area contributed by atoms with Gasteiger partial charge in [0, 0.05) is 19.4 Å². The SMILES string of the molecule is CCCCCCCC/C=C\CCCCCCCCCC(=O)OC[C@H](COC(=O)CCCCCCCCCCCCCCC)OCCCCCCCCCCCCCCCCCC. The van der Waals surface area contributed by atoms with Crippen LogP contribution in [-0.2, 0) is 23.8 Å². The molecule has 368 valence electrons. The summed E-state index contributed by atoms with van der Waals surface area (Å²) in [6, 6.07) is 0. The van der Waals surface area contributed by atoms with Gasteiger partial charge in [-0.05, 0) is 44.9 Å². The van der Waals surface area contributed by atoms with Crippen molar-refractivity contribution in [2.75, 3.05) is 19.8 Å². The zero-order valence-electron chi connectivity index (χ0n) is 42.4. The molecule has 0 aromatic carbocycles. The molecule has 0 saturated heterocycles. The monoisotopic (exact) mass is 875 g/mol. The molecule has 0 saturated carbocycles. The predicted molar refractivity (Wildman–Crippen MR) is 270 cm³/mol. The van der Waals surface area contributed by atoms with Crippen molar-refractivity contribution in [1.29, 1.82) is 0 Å². The summed E-state index contributed by atoms with van der Waals surface area (Å²) in [6.45, 7) is 7.79. The van der Waals surface area contributed by atoms with Gasteiger partial charge in [-0.1, -0.05) is 270 Å². The summed E-state index contributed by atoms with van der Waals surface area (Å²) in [5.74, 6) is -0.317. The zero-order chi connectivity index (χ0) is 44.9. The van der Waals surface area contributed by atoms with Gasteiger partial charge in [0.05, 0.1) is 0 Å². The molecular formula is C57H110O5. The number of ether oxygens (including phenoxy) is 3. The van der Waals surface area contributed by atoms with Gasteiger partial charge in [-0.3, -0.25) is 9.59 Å². The van der Waals surface area contributed by atoms with Crippen molar-refractivity contribution in [3.63, 3.8) is 0 Å². The first kappa shape index (κ1) is 60.6. The van der Waals surface area contributed by atoms with Gasteiger partial charge in [0.25, 0.3) is 0 Å². The minimum Gasteiger partial charge on any atom is -0.463 e. The summed E-state index contributed by atoms with van der Waals surface area (Å²) in [5.41, 5.74) is 0. The van der Waals surface area contributed by atoms with E-state index in [2.05, 4.69) is 32.9 Å². The third-order valence-electron chi connectivity index (χ3n) is 12.8. The van der Waals surface area contributed by atoms with Gasteiger partial charge in [-0.15, -0.1) is 0 Å². The van der Waals surface area contributed by atoms with Gasteiger partial charge in [-0.2, -0.15) is 0 Å². The maximum absolute atomic E-state index is 12.6. The van der Waals surface area contributed by atoms with Crippen LogP contribution in [0.3, 0.4) is 0 Å². The first-order valence-corrected chi connectivity index (χ1v) is 28.2. The molecule has 0 fully saturated rings. The second-order valence-corrected chi connectivity index (χ2v) is 19.2. The minimum absolute atomic E-state index is 0.157. The maximum atomic E-state index is 12.6. The normalized spacial score (nSPS) is 12.1. The Bertz CT molecular complexity index is 902. The Balaban J connectivity index is 4.20. The molecule has 0 radical (unpaired) electrons. The number of rotatable bonds is 53. The Morgan fingerprint density at radius 3 is 0.855 bits per heavy atom. The van der Waals surface area contributed by atoms with E-state index in [4.69, 9.17) is 14.2 Å². The number of allylic oxidation sites excluding steroid dienone is 2. The molecule has 0 aromatic rings. The predicted octanol–water partition coefficient (Wildman–Crippen LogP) is 19.0. The highest BCUT2D eigenvalue weighted by atomic mass is 16.6. The molecule has 0 unspecified atom stereocenters. The Labute approximate surface area is 388 Å². The number of esters is 2. The lowest BCUT2D eigenvalue weighted by Crippen LogP contribution is -2.29. The van der Waals surface area contributed by atoms with Gasteiger partial charge >= 0.3 is 11.9 Å². The van der Waals surface area contributed by atoms with E-state index in [1.165, 1.54) is 244 Å². The van der Waals surface area contributed by atoms with Gasteiger partial charge in [0.1, 0.15) is 19.3 Å². The van der Waals surface area contributed by atoms with Crippen LogP contribution in [0.15, 0.2) is 12.2 Å². The van der Waals surface area contributed by atoms with Crippen LogP contribution in [0.25, 0.3) is 0 Å². The van der Waals surface area contributed by atoms with E-state index in [0.29, 0.717) is 19.4 Å². The molecular weight excluding hydrogens is 765 g/mol. The summed E-state index contributed by atoms with van der Waals surface area (Å²) < 4.78 is 17.5. The summed E-state index contributed by atoms with van der Waals surface area (Å²) in [6.07, 6.45) is 62.4. The molecule has 0 aromatic heterocycles. The molecule has 5 heteroatoms. The molecule has 0 spiro atoms. The summed E-state index contributed by atoms with van der Waals surface area (Å²) in [7, 11) is 0. The van der Waals surface area contributed by atoms with E-state index < -0.39 is 6.10 Å². The highest BCUT2D eigenvalue weighted by Gasteiger charge is 2.16. The molecule has 0 aliphatic rings. The molecule has 0 rings (SSSR count). The lowest BCUT2D eigenvalue weighted by Gasteiger charge is -2.18. The molecule has 1 atom stereocenters. The van der Waals surface area contributed by atoms with Crippen LogP contribution in [0.2, 0.25) is 0 Å². The highest BCUT2D eigenvalue weighted by molar-refractivity contribution is 5.69. The Morgan fingerprint density at radius 1 is 0.323 bits per heavy atom. The van der Waals surface area contributed by atoms with E-state index in [9.17, 15) is 9.59 Å². The minimum atomic E-state index is -0.392. The van der Waals surface area contributed by atoms with Gasteiger partial charge in [0.2, 0.25) is 0 Å². The molecule has 0 aliphatic carbocycles. The van der Waals surface area contributed by atoms with Crippen molar-refractivity contribution in [3.05, 3.63) is 12.2 Å². The topological polar surface area (TPSA) is 61.8 Å². The molecule has 5 nitrogen and oxygen atoms in total. The smallest absolute Gasteiger partial charge is 0.305 e. The summed E-state index contributed by atoms with van der Waals surface area (Å²) in [5, 5.41) is 0. The highest BCUT2D eigenvalue weighted by Crippen LogP contribution is 2.17. The number of carbonyl (C=O) groups excluding carboxylic acids is 2. The molecule has 0 aliphatic heterocycles. The lowest BCUT2D eigenvalue weighted by molar-refractivity contribution is -0.155. The van der Waals surface area contributed by atoms with Gasteiger partial charge in [-0.25, -0.2) is 0 Å². The van der Waals surface area contributed by atoms with Crippen LogP contribution < -0.4 is 0 Å². The fourth-order valence-electron chi connectivity index (χ4n) is 8.54. The fourth-order valence-corrected chi connectivity index (χ4v) is 8.54. The molecule has 0 bridgehead atoms. The molecule has 0 heterocycles. The van der Waals surface area contributed by atoms with Crippen LogP contribution in [0, 0.1) is 0 Å². The first-order chi connectivity index (χ1) is 30.6. The number of unbranched alkanes of at least 4 members (excludes halogenated alkanes) is 40. The third kappa shape index (κ3) is 51.3. The Morgan fingerprint density at radius 2 is 0.565 bits per heavy atom. The summed E-state index contributed by atoms with van der Waals surface area (Å²) >= 11 is 0. The standard InChI is InChI=1S/C57H110O5/c1-4-7-10-13-16-19-22-25-27-29-30-33-36-39-42-45-48-51-57(59)62-54-55(53-61-56(58)50-47-44-41-38-35-32-24-21-18-15-12-9-6-3)60-52-49-46-43-40-37-34-31-28-26-23-20-17-14-11-8-5-2/h25,27,55H,4-24,26,28-54H2,1-3H3/b27-25-/t55-/m0/s1. The largest absolute Gasteiger partial charge is 0.463 e. The van der Waals surface area contributed by atoms with Crippen LogP contribution >= 0.6 is 0 Å². The zero-order valence-corrected chi connectivity index (χ0v) is 42.4. The third-order valence-corrected chi connectivity index (χ3v) is 12.8. The Kier molecular flexibility index (Phi) is 52.8. The summed E-state index contributed by atoms with van der Waals surface area (Å²) in [4.78, 5) is 25.3. The van der Waals surface area contributed by atoms with E-state index >= 15 is 0 Å². The lowest BCUT2D eigenvalue weighted by atomic mass is 10.0. The van der Waals surface area contributed by atoms with E-state index in [1.54, 1.807) is 0 Å². The number of hydrogen-bond acceptors (Lipinski definition) is 5. The van der Waals surface area contributed by atoms with E-state index in [1.807, 2.05) is 0 Å². The quantitative estimate of drug-likeness (QED) is 0.0346. The first-order valence-electron chi connectivity index (χ1n) is 28.2. The van der Waals surface area contributed by atoms with E-state index in [0.717, 1.165) is 38.5 Å². The van der Waals surface area contributed by atoms with Gasteiger partial charge in [0.15, 0.2) is 0 Å². The van der Waals surface area contributed by atoms with Gasteiger partial charge < -0.3 is 14.2 Å². The second kappa shape index (κ2) is 54.0. The Hall–Kier alpha value is -1.36. The van der Waals surface area contributed by atoms with Crippen molar-refractivity contribution in [1.82, 2.24) is 0 Å². The molecule has 0 amide bonds. The van der Waals surface area contributed by atoms with Crippen molar-refractivity contribution < 1.29 is 23.8 Å². The van der Waals surface area contributed by atoms with Crippen LogP contribution in [0.5, 0.6) is 0 Å². The molecule has 62 heavy (non-hydrogen) atoms. The van der Waals surface area contributed by atoms with E-state index in [-0.39, 0.29) is 25.2 Å². The van der Waals surface area contributed by atoms with Crippen molar-refractivity contribution in [2.24, 2.45) is 0 Å². The fraction of sp³-hybridized carbons (Fsp3) is 0.930.